The molecule has 4 nitrogen and oxygen atoms in total. The van der Waals surface area contributed by atoms with Gasteiger partial charge in [-0.3, -0.25) is 0 Å². The molecule has 0 bridgehead atoms. The van der Waals surface area contributed by atoms with Crippen LogP contribution in [0.4, 0.5) is 0 Å². The van der Waals surface area contributed by atoms with Gasteiger partial charge in [-0.15, -0.1) is 0 Å². The zero-order valence-corrected chi connectivity index (χ0v) is 27.2. The number of ether oxygens (including phenoxy) is 1. The summed E-state index contributed by atoms with van der Waals surface area (Å²) >= 11 is 0. The molecule has 0 N–H and O–H groups in total. The van der Waals surface area contributed by atoms with Crippen molar-refractivity contribution in [3.8, 4) is 11.5 Å². The fourth-order valence-corrected chi connectivity index (χ4v) is 10.5. The van der Waals surface area contributed by atoms with Crippen molar-refractivity contribution < 1.29 is 18.0 Å². The van der Waals surface area contributed by atoms with Crippen LogP contribution >= 0.6 is 0 Å². The number of rotatable bonds is 7. The molecule has 0 radical (unpaired) electrons. The van der Waals surface area contributed by atoms with Crippen LogP contribution in [0.25, 0.3) is 0 Å². The van der Waals surface area contributed by atoms with E-state index in [0.29, 0.717) is 17.8 Å². The minimum Gasteiger partial charge on any atom is -0.542 e. The zero-order valence-electron chi connectivity index (χ0n) is 24.2. The van der Waals surface area contributed by atoms with Gasteiger partial charge in [0.2, 0.25) is 8.32 Å². The Labute approximate surface area is 217 Å². The summed E-state index contributed by atoms with van der Waals surface area (Å²) in [6.45, 7) is 23.2. The first-order valence-electron chi connectivity index (χ1n) is 13.8. The van der Waals surface area contributed by atoms with Crippen LogP contribution in [0.1, 0.15) is 49.7 Å². The molecule has 1 aromatic carbocycles. The van der Waals surface area contributed by atoms with Gasteiger partial charge in [0, 0.05) is 5.56 Å². The van der Waals surface area contributed by atoms with Gasteiger partial charge in [0.25, 0.3) is 0 Å². The van der Waals surface area contributed by atoms with Crippen molar-refractivity contribution in [3.63, 3.8) is 0 Å². The Bertz CT molecular complexity index is 930. The number of fused-ring (bicyclic) bond motifs is 5. The van der Waals surface area contributed by atoms with Crippen LogP contribution in [-0.2, 0) is 15.3 Å². The Balaban J connectivity index is 1.67. The topological polar surface area (TPSA) is 36.9 Å². The van der Waals surface area contributed by atoms with Crippen molar-refractivity contribution in [2.24, 2.45) is 17.3 Å². The molecule has 0 aromatic heterocycles. The molecule has 3 aliphatic carbocycles. The normalized spacial score (nSPS) is 33.1. The Kier molecular flexibility index (Phi) is 7.28. The monoisotopic (exact) mass is 534 g/mol. The summed E-state index contributed by atoms with van der Waals surface area (Å²) < 4.78 is 26.3. The third kappa shape index (κ3) is 5.64. The molecule has 1 aromatic rings. The number of hydrogen-bond acceptors (Lipinski definition) is 4. The number of methoxy groups -OCH3 is 1. The zero-order chi connectivity index (χ0) is 26.0. The molecule has 0 aliphatic heterocycles. The first kappa shape index (κ1) is 27.4. The first-order valence-corrected chi connectivity index (χ1v) is 24.0. The van der Waals surface area contributed by atoms with E-state index in [1.807, 2.05) is 7.11 Å². The highest BCUT2D eigenvalue weighted by Crippen LogP contribution is 2.63. The summed E-state index contributed by atoms with van der Waals surface area (Å²) in [5, 5.41) is 0. The van der Waals surface area contributed by atoms with Crippen molar-refractivity contribution in [1.82, 2.24) is 0 Å². The maximum atomic E-state index is 6.98. The molecule has 198 valence electrons. The smallest absolute Gasteiger partial charge is 0.242 e. The minimum atomic E-state index is -1.71. The second kappa shape index (κ2) is 9.30. The summed E-state index contributed by atoms with van der Waals surface area (Å²) in [7, 11) is -3.26. The predicted molar refractivity (Wildman–Crippen MR) is 153 cm³/mol. The van der Waals surface area contributed by atoms with Gasteiger partial charge in [0.1, 0.15) is 5.75 Å². The third-order valence-corrected chi connectivity index (χ3v) is 11.1. The maximum Gasteiger partial charge on any atom is 0.242 e. The van der Waals surface area contributed by atoms with Gasteiger partial charge in [-0.2, -0.15) is 0 Å². The fraction of sp³-hybridized carbons (Fsp3) is 0.786. The molecule has 3 aliphatic rings. The second-order valence-corrected chi connectivity index (χ2v) is 27.8. The second-order valence-electron chi connectivity index (χ2n) is 14.5. The van der Waals surface area contributed by atoms with E-state index in [1.165, 1.54) is 30.4 Å². The number of hydrogen-bond donors (Lipinski definition) is 0. The van der Waals surface area contributed by atoms with Crippen molar-refractivity contribution >= 4 is 25.0 Å². The lowest BCUT2D eigenvalue weighted by Gasteiger charge is -2.51. The largest absolute Gasteiger partial charge is 0.542 e. The summed E-state index contributed by atoms with van der Waals surface area (Å²) in [5.41, 5.74) is 3.12. The molecule has 2 saturated carbocycles. The van der Waals surface area contributed by atoms with Gasteiger partial charge < -0.3 is 18.0 Å². The lowest BCUT2D eigenvalue weighted by Crippen LogP contribution is -2.50. The molecule has 4 rings (SSSR count). The van der Waals surface area contributed by atoms with Crippen molar-refractivity contribution in [2.75, 3.05) is 7.11 Å². The van der Waals surface area contributed by atoms with Crippen LogP contribution in [0, 0.1) is 17.3 Å². The van der Waals surface area contributed by atoms with E-state index in [1.54, 1.807) is 0 Å². The van der Waals surface area contributed by atoms with Crippen molar-refractivity contribution in [2.45, 2.75) is 116 Å². The van der Waals surface area contributed by atoms with Gasteiger partial charge in [0.05, 0.1) is 19.3 Å². The molecule has 7 heteroatoms. The fourth-order valence-electron chi connectivity index (χ4n) is 7.35. The molecule has 35 heavy (non-hydrogen) atoms. The van der Waals surface area contributed by atoms with E-state index in [0.717, 1.165) is 24.3 Å². The van der Waals surface area contributed by atoms with Crippen LogP contribution in [0.15, 0.2) is 12.1 Å². The number of benzene rings is 1. The van der Waals surface area contributed by atoms with E-state index in [-0.39, 0.29) is 17.6 Å². The van der Waals surface area contributed by atoms with Gasteiger partial charge in [-0.05, 0) is 126 Å². The van der Waals surface area contributed by atoms with E-state index in [2.05, 4.69) is 78.0 Å². The summed E-state index contributed by atoms with van der Waals surface area (Å²) in [6, 6.07) is 4.56. The Morgan fingerprint density at radius 1 is 0.857 bits per heavy atom. The molecule has 4 unspecified atom stereocenters. The first-order chi connectivity index (χ1) is 16.0. The quantitative estimate of drug-likeness (QED) is 0.334. The van der Waals surface area contributed by atoms with E-state index in [4.69, 9.17) is 18.0 Å². The lowest BCUT2D eigenvalue weighted by molar-refractivity contribution is -0.0363. The van der Waals surface area contributed by atoms with Crippen LogP contribution in [0.3, 0.4) is 0 Å². The van der Waals surface area contributed by atoms with E-state index in [9.17, 15) is 0 Å². The van der Waals surface area contributed by atoms with Crippen LogP contribution in [0.2, 0.25) is 58.9 Å². The average Bonchev–Trinajstić information content (AvgIpc) is 2.95. The van der Waals surface area contributed by atoms with Gasteiger partial charge >= 0.3 is 0 Å². The van der Waals surface area contributed by atoms with E-state index >= 15 is 0 Å². The Hall–Kier alpha value is -0.609. The SMILES string of the molecule is COc1c(O[Si](C)(C)C)ccc2c1CCC1C2CCC2(C)C1C[C@@H](O[Si](C)(C)C)[C@@H]2O[Si](C)(C)C. The third-order valence-electron chi connectivity index (χ3n) is 8.34. The van der Waals surface area contributed by atoms with Crippen molar-refractivity contribution in [3.05, 3.63) is 23.3 Å². The summed E-state index contributed by atoms with van der Waals surface area (Å²) in [5.74, 6) is 3.88. The molecule has 0 amide bonds. The van der Waals surface area contributed by atoms with Gasteiger partial charge in [-0.1, -0.05) is 13.0 Å². The highest BCUT2D eigenvalue weighted by Gasteiger charge is 2.60. The molecule has 0 spiro atoms. The van der Waals surface area contributed by atoms with Crippen LogP contribution < -0.4 is 9.16 Å². The standard InChI is InChI=1S/C28H50O4Si3/c1-28-17-16-20-19-14-15-24(30-33(3,4)5)26(29-2)22(19)13-12-21(20)23(28)18-25(31-34(6,7)8)27(28)32-35(9,10)11/h14-15,20-21,23,25,27H,12-13,16-18H2,1-11H3/t20?,21?,23?,25-,27+,28?/m1/s1. The Morgan fingerprint density at radius 3 is 2.09 bits per heavy atom. The molecule has 6 atom stereocenters. The highest BCUT2D eigenvalue weighted by molar-refractivity contribution is 6.70. The van der Waals surface area contributed by atoms with Crippen molar-refractivity contribution in [1.29, 1.82) is 0 Å². The summed E-state index contributed by atoms with van der Waals surface area (Å²) in [4.78, 5) is 0. The lowest BCUT2D eigenvalue weighted by atomic mass is 9.55. The minimum absolute atomic E-state index is 0.203. The molecular weight excluding hydrogens is 485 g/mol. The molecular formula is C28H50O4Si3. The Morgan fingerprint density at radius 2 is 1.51 bits per heavy atom. The van der Waals surface area contributed by atoms with E-state index < -0.39 is 25.0 Å². The molecule has 2 fully saturated rings. The van der Waals surface area contributed by atoms with Gasteiger partial charge in [-0.25, -0.2) is 0 Å². The predicted octanol–water partition coefficient (Wildman–Crippen LogP) is 7.82. The molecule has 0 saturated heterocycles. The average molecular weight is 535 g/mol. The van der Waals surface area contributed by atoms with Gasteiger partial charge in [0.15, 0.2) is 22.4 Å². The van der Waals surface area contributed by atoms with Crippen LogP contribution in [-0.4, -0.2) is 44.3 Å². The molecule has 0 heterocycles. The van der Waals surface area contributed by atoms with Crippen LogP contribution in [0.5, 0.6) is 11.5 Å². The summed E-state index contributed by atoms with van der Waals surface area (Å²) in [6.07, 6.45) is 6.38. The highest BCUT2D eigenvalue weighted by atomic mass is 28.4. The maximum absolute atomic E-state index is 6.98.